The summed E-state index contributed by atoms with van der Waals surface area (Å²) < 4.78 is 29.5. The minimum absolute atomic E-state index is 0. The number of rotatable bonds is 5. The summed E-state index contributed by atoms with van der Waals surface area (Å²) in [5.74, 6) is 0. The number of para-hydroxylation sites is 1. The molecule has 1 radical (unpaired) electrons. The van der Waals surface area contributed by atoms with Gasteiger partial charge in [0.05, 0.1) is 24.1 Å². The number of nitrogens with zero attached hydrogens (tertiary/aromatic N) is 2. The van der Waals surface area contributed by atoms with E-state index in [0.29, 0.717) is 5.56 Å². The van der Waals surface area contributed by atoms with Crippen LogP contribution in [0.2, 0.25) is 0 Å². The maximum absolute atomic E-state index is 12.5. The average Bonchev–Trinajstić information content (AvgIpc) is 2.62. The van der Waals surface area contributed by atoms with Crippen molar-refractivity contribution < 1.29 is 18.2 Å². The van der Waals surface area contributed by atoms with Crippen LogP contribution in [-0.4, -0.2) is 59.1 Å². The van der Waals surface area contributed by atoms with Gasteiger partial charge < -0.3 is 5.48 Å². The Morgan fingerprint density at radius 2 is 1.78 bits per heavy atom. The zero-order valence-electron chi connectivity index (χ0n) is 13.5. The minimum Gasteiger partial charge on any atom is -0.412 e. The van der Waals surface area contributed by atoms with Gasteiger partial charge in [-0.3, -0.25) is 9.48 Å². The van der Waals surface area contributed by atoms with E-state index < -0.39 is 10.1 Å². The van der Waals surface area contributed by atoms with Gasteiger partial charge in [-0.2, -0.15) is 18.2 Å². The fourth-order valence-electron chi connectivity index (χ4n) is 2.04. The summed E-state index contributed by atoms with van der Waals surface area (Å²) in [6.07, 6.45) is 0.931. The molecule has 2 aromatic rings. The molecule has 3 N–H and O–H groups in total. The van der Waals surface area contributed by atoms with Crippen molar-refractivity contribution in [2.75, 3.05) is 6.26 Å². The van der Waals surface area contributed by atoms with Crippen LogP contribution in [0.4, 0.5) is 0 Å². The number of hydrogen-bond acceptors (Lipinski definition) is 5. The Hall–Kier alpha value is -0.940. The number of hydroxylamine groups is 1. The molecule has 0 amide bonds. The monoisotopic (exact) mass is 352 g/mol. The molecular weight excluding hydrogens is 333 g/mol. The quantitative estimate of drug-likeness (QED) is 0.562. The van der Waals surface area contributed by atoms with Gasteiger partial charge in [-0.1, -0.05) is 18.2 Å². The second kappa shape index (κ2) is 8.78. The van der Waals surface area contributed by atoms with E-state index in [-0.39, 0.29) is 47.1 Å². The van der Waals surface area contributed by atoms with Crippen LogP contribution in [0.15, 0.2) is 35.1 Å². The summed E-state index contributed by atoms with van der Waals surface area (Å²) in [6.45, 7) is 1.80. The second-order valence-electron chi connectivity index (χ2n) is 4.65. The molecule has 1 aromatic carbocycles. The molecular formula is C13H19N3NaO5S. The van der Waals surface area contributed by atoms with E-state index in [1.54, 1.807) is 18.7 Å². The van der Waals surface area contributed by atoms with Crippen LogP contribution in [0.1, 0.15) is 11.3 Å². The Morgan fingerprint density at radius 1 is 1.22 bits per heavy atom. The predicted octanol–water partition coefficient (Wildman–Crippen LogP) is -0.740. The number of aromatic nitrogens is 2. The molecule has 2 rings (SSSR count). The zero-order chi connectivity index (χ0) is 15.6. The topological polar surface area (TPSA) is 114 Å². The fourth-order valence-corrected chi connectivity index (χ4v) is 2.31. The van der Waals surface area contributed by atoms with Gasteiger partial charge in [0.25, 0.3) is 15.7 Å². The first-order valence-corrected chi connectivity index (χ1v) is 8.07. The maximum atomic E-state index is 12.5. The summed E-state index contributed by atoms with van der Waals surface area (Å²) >= 11 is 0. The SMILES string of the molecule is Cc1c(CNOS(C)(=O)=O)c(=O)n(-c2ccccc2)n1C.O.[Na]. The van der Waals surface area contributed by atoms with Crippen molar-refractivity contribution in [3.05, 3.63) is 51.9 Å². The average molecular weight is 352 g/mol. The second-order valence-corrected chi connectivity index (χ2v) is 6.22. The van der Waals surface area contributed by atoms with Crippen LogP contribution in [0.3, 0.4) is 0 Å². The van der Waals surface area contributed by atoms with E-state index in [1.807, 2.05) is 30.3 Å². The molecule has 0 spiro atoms. The van der Waals surface area contributed by atoms with E-state index in [0.717, 1.165) is 17.6 Å². The van der Waals surface area contributed by atoms with E-state index in [1.165, 1.54) is 4.68 Å². The van der Waals surface area contributed by atoms with Crippen LogP contribution in [-0.2, 0) is 28.0 Å². The summed E-state index contributed by atoms with van der Waals surface area (Å²) in [5.41, 5.74) is 4.00. The van der Waals surface area contributed by atoms with Gasteiger partial charge in [-0.25, -0.2) is 4.68 Å². The van der Waals surface area contributed by atoms with Crippen LogP contribution < -0.4 is 11.0 Å². The molecule has 0 atom stereocenters. The Kier molecular flexibility index (Phi) is 8.43. The zero-order valence-corrected chi connectivity index (χ0v) is 16.3. The summed E-state index contributed by atoms with van der Waals surface area (Å²) in [7, 11) is -1.83. The van der Waals surface area contributed by atoms with Crippen LogP contribution in [0.25, 0.3) is 5.69 Å². The Balaban J connectivity index is 0.00000242. The number of benzene rings is 1. The fraction of sp³-hybridized carbons (Fsp3) is 0.308. The standard InChI is InChI=1S/C13H17N3O4S.Na.H2O/c1-10-12(9-14-20-21(3,18)19)13(17)16(15(10)2)11-7-5-4-6-8-11;;/h4-8,14H,9H2,1-3H3;;1H2. The van der Waals surface area contributed by atoms with Gasteiger partial charge in [0.2, 0.25) is 0 Å². The molecule has 123 valence electrons. The van der Waals surface area contributed by atoms with Gasteiger partial charge in [0.15, 0.2) is 0 Å². The molecule has 0 saturated carbocycles. The molecule has 0 aliphatic rings. The Bertz CT molecular complexity index is 799. The smallest absolute Gasteiger partial charge is 0.280 e. The van der Waals surface area contributed by atoms with Crippen molar-refractivity contribution >= 4 is 39.7 Å². The van der Waals surface area contributed by atoms with Crippen LogP contribution >= 0.6 is 0 Å². The molecule has 0 unspecified atom stereocenters. The molecule has 8 nitrogen and oxygen atoms in total. The molecule has 0 aliphatic heterocycles. The van der Waals surface area contributed by atoms with Gasteiger partial charge in [-0.15, -0.1) is 0 Å². The third-order valence-electron chi connectivity index (χ3n) is 3.13. The third-order valence-corrected chi connectivity index (χ3v) is 3.55. The molecule has 1 heterocycles. The molecule has 0 bridgehead atoms. The molecule has 0 saturated heterocycles. The predicted molar refractivity (Wildman–Crippen MR) is 87.9 cm³/mol. The molecule has 0 fully saturated rings. The van der Waals surface area contributed by atoms with Crippen molar-refractivity contribution in [1.29, 1.82) is 0 Å². The van der Waals surface area contributed by atoms with Crippen molar-refractivity contribution in [3.63, 3.8) is 0 Å². The van der Waals surface area contributed by atoms with Crippen molar-refractivity contribution in [3.8, 4) is 5.69 Å². The minimum atomic E-state index is -3.60. The van der Waals surface area contributed by atoms with Gasteiger partial charge >= 0.3 is 0 Å². The first-order valence-electron chi connectivity index (χ1n) is 6.25. The van der Waals surface area contributed by atoms with Crippen molar-refractivity contribution in [1.82, 2.24) is 14.8 Å². The third kappa shape index (κ3) is 5.28. The summed E-state index contributed by atoms with van der Waals surface area (Å²) in [4.78, 5) is 12.5. The van der Waals surface area contributed by atoms with E-state index >= 15 is 0 Å². The summed E-state index contributed by atoms with van der Waals surface area (Å²) in [5, 5.41) is 0. The summed E-state index contributed by atoms with van der Waals surface area (Å²) in [6, 6.07) is 9.20. The Morgan fingerprint density at radius 3 is 2.30 bits per heavy atom. The van der Waals surface area contributed by atoms with Gasteiger partial charge in [0, 0.05) is 42.3 Å². The largest absolute Gasteiger partial charge is 0.412 e. The number of nitrogens with one attached hydrogen (secondary N) is 1. The van der Waals surface area contributed by atoms with Gasteiger partial charge in [0.1, 0.15) is 0 Å². The number of hydrogen-bond donors (Lipinski definition) is 1. The molecule has 10 heteroatoms. The van der Waals surface area contributed by atoms with Crippen LogP contribution in [0.5, 0.6) is 0 Å². The van der Waals surface area contributed by atoms with Crippen LogP contribution in [0, 0.1) is 6.92 Å². The Labute approximate surface area is 156 Å². The van der Waals surface area contributed by atoms with Crippen molar-refractivity contribution in [2.24, 2.45) is 7.05 Å². The first-order chi connectivity index (χ1) is 9.81. The van der Waals surface area contributed by atoms with Gasteiger partial charge in [-0.05, 0) is 19.1 Å². The molecule has 1 aromatic heterocycles. The molecule has 0 aliphatic carbocycles. The van der Waals surface area contributed by atoms with E-state index in [4.69, 9.17) is 0 Å². The van der Waals surface area contributed by atoms with Crippen molar-refractivity contribution in [2.45, 2.75) is 13.5 Å². The normalized spacial score (nSPS) is 10.7. The van der Waals surface area contributed by atoms with E-state index in [9.17, 15) is 13.2 Å². The molecule has 23 heavy (non-hydrogen) atoms. The maximum Gasteiger partial charge on any atom is 0.280 e. The first kappa shape index (κ1) is 22.1. The van der Waals surface area contributed by atoms with E-state index in [2.05, 4.69) is 9.76 Å².